The zero-order valence-electron chi connectivity index (χ0n) is 13.5. The Labute approximate surface area is 140 Å². The molecule has 0 bridgehead atoms. The van der Waals surface area contributed by atoms with Gasteiger partial charge in [-0.2, -0.15) is 0 Å². The van der Waals surface area contributed by atoms with Gasteiger partial charge < -0.3 is 9.64 Å². The topological polar surface area (TPSA) is 29.5 Å². The van der Waals surface area contributed by atoms with Crippen LogP contribution in [0.4, 0.5) is 4.39 Å². The molecule has 2 aromatic rings. The molecule has 2 heterocycles. The first kappa shape index (κ1) is 14.9. The summed E-state index contributed by atoms with van der Waals surface area (Å²) in [5.41, 5.74) is 4.84. The quantitative estimate of drug-likeness (QED) is 0.832. The average molecular weight is 323 g/mol. The van der Waals surface area contributed by atoms with Crippen molar-refractivity contribution in [2.45, 2.75) is 25.8 Å². The Bertz CT molecular complexity index is 856. The molecule has 1 fully saturated rings. The van der Waals surface area contributed by atoms with Crippen LogP contribution in [-0.4, -0.2) is 17.9 Å². The fourth-order valence-electron chi connectivity index (χ4n) is 3.62. The van der Waals surface area contributed by atoms with Crippen LogP contribution in [-0.2, 0) is 11.3 Å². The number of halogens is 1. The van der Waals surface area contributed by atoms with E-state index in [4.69, 9.17) is 4.74 Å². The van der Waals surface area contributed by atoms with E-state index in [0.29, 0.717) is 13.0 Å². The Morgan fingerprint density at radius 1 is 1.12 bits per heavy atom. The number of benzene rings is 2. The van der Waals surface area contributed by atoms with Crippen molar-refractivity contribution in [1.29, 1.82) is 0 Å². The second-order valence-electron chi connectivity index (χ2n) is 6.19. The number of carbonyl (C=O) groups excluding carboxylic acids is 1. The summed E-state index contributed by atoms with van der Waals surface area (Å²) in [5, 5.41) is 0. The largest absolute Gasteiger partial charge is 0.497 e. The zero-order valence-corrected chi connectivity index (χ0v) is 13.5. The molecule has 2 aliphatic heterocycles. The minimum Gasteiger partial charge on any atom is -0.497 e. The summed E-state index contributed by atoms with van der Waals surface area (Å²) in [6.07, 6.45) is 2.24. The SMILES string of the molecule is COc1ccc2c(c1)C(c1cccc(F)c1)=C1CCCC(=O)N1C2. The molecule has 2 aromatic carbocycles. The van der Waals surface area contributed by atoms with Crippen molar-refractivity contribution in [3.63, 3.8) is 0 Å². The second-order valence-corrected chi connectivity index (χ2v) is 6.19. The highest BCUT2D eigenvalue weighted by atomic mass is 19.1. The van der Waals surface area contributed by atoms with Crippen LogP contribution in [0.1, 0.15) is 36.0 Å². The number of amides is 1. The first-order valence-electron chi connectivity index (χ1n) is 8.14. The molecule has 0 radical (unpaired) electrons. The van der Waals surface area contributed by atoms with Gasteiger partial charge in [0.2, 0.25) is 5.91 Å². The third-order valence-corrected chi connectivity index (χ3v) is 4.75. The predicted octanol–water partition coefficient (Wildman–Crippen LogP) is 4.12. The lowest BCUT2D eigenvalue weighted by molar-refractivity contribution is -0.131. The lowest BCUT2D eigenvalue weighted by Gasteiger charge is -2.37. The molecule has 3 nitrogen and oxygen atoms in total. The number of allylic oxidation sites excluding steroid dienone is 1. The van der Waals surface area contributed by atoms with E-state index in [1.54, 1.807) is 13.2 Å². The summed E-state index contributed by atoms with van der Waals surface area (Å²) in [5.74, 6) is 0.634. The summed E-state index contributed by atoms with van der Waals surface area (Å²) in [6, 6.07) is 12.5. The van der Waals surface area contributed by atoms with Crippen molar-refractivity contribution in [2.24, 2.45) is 0 Å². The maximum absolute atomic E-state index is 13.8. The first-order chi connectivity index (χ1) is 11.7. The third kappa shape index (κ3) is 2.39. The number of hydrogen-bond donors (Lipinski definition) is 0. The van der Waals surface area contributed by atoms with Crippen LogP contribution >= 0.6 is 0 Å². The summed E-state index contributed by atoms with van der Waals surface area (Å²) >= 11 is 0. The van der Waals surface area contributed by atoms with E-state index in [1.165, 1.54) is 12.1 Å². The van der Waals surface area contributed by atoms with E-state index in [9.17, 15) is 9.18 Å². The Hall–Kier alpha value is -2.62. The molecule has 1 saturated heterocycles. The van der Waals surface area contributed by atoms with Crippen molar-refractivity contribution in [2.75, 3.05) is 7.11 Å². The average Bonchev–Trinajstić information content (AvgIpc) is 2.60. The van der Waals surface area contributed by atoms with Crippen LogP contribution in [0.3, 0.4) is 0 Å². The molecule has 1 amide bonds. The molecule has 0 saturated carbocycles. The van der Waals surface area contributed by atoms with Gasteiger partial charge in [-0.1, -0.05) is 18.2 Å². The summed E-state index contributed by atoms with van der Waals surface area (Å²) in [6.45, 7) is 0.576. The third-order valence-electron chi connectivity index (χ3n) is 4.75. The van der Waals surface area contributed by atoms with Crippen LogP contribution in [0.2, 0.25) is 0 Å². The van der Waals surface area contributed by atoms with Crippen molar-refractivity contribution < 1.29 is 13.9 Å². The highest BCUT2D eigenvalue weighted by Crippen LogP contribution is 2.41. The van der Waals surface area contributed by atoms with E-state index in [2.05, 4.69) is 0 Å². The molecular formula is C20H18FNO2. The van der Waals surface area contributed by atoms with Crippen LogP contribution in [0.15, 0.2) is 48.2 Å². The molecular weight excluding hydrogens is 305 g/mol. The molecule has 24 heavy (non-hydrogen) atoms. The highest BCUT2D eigenvalue weighted by Gasteiger charge is 2.32. The predicted molar refractivity (Wildman–Crippen MR) is 89.8 cm³/mol. The van der Waals surface area contributed by atoms with Gasteiger partial charge in [-0.15, -0.1) is 0 Å². The minimum absolute atomic E-state index is 0.145. The smallest absolute Gasteiger partial charge is 0.227 e. The summed E-state index contributed by atoms with van der Waals surface area (Å²) in [7, 11) is 1.63. The van der Waals surface area contributed by atoms with Crippen LogP contribution in [0.5, 0.6) is 5.75 Å². The summed E-state index contributed by atoms with van der Waals surface area (Å²) in [4.78, 5) is 14.3. The van der Waals surface area contributed by atoms with Crippen molar-refractivity contribution in [3.05, 3.63) is 70.7 Å². The van der Waals surface area contributed by atoms with Crippen molar-refractivity contribution in [1.82, 2.24) is 4.90 Å². The van der Waals surface area contributed by atoms with Gasteiger partial charge in [0.05, 0.1) is 13.7 Å². The number of fused-ring (bicyclic) bond motifs is 2. The molecule has 122 valence electrons. The van der Waals surface area contributed by atoms with E-state index in [1.807, 2.05) is 29.2 Å². The molecule has 2 aliphatic rings. The number of nitrogens with zero attached hydrogens (tertiary/aromatic N) is 1. The number of hydrogen-bond acceptors (Lipinski definition) is 2. The number of carbonyl (C=O) groups is 1. The number of methoxy groups -OCH3 is 1. The number of ether oxygens (including phenoxy) is 1. The Morgan fingerprint density at radius 3 is 2.79 bits per heavy atom. The zero-order chi connectivity index (χ0) is 16.7. The molecule has 4 rings (SSSR count). The maximum Gasteiger partial charge on any atom is 0.227 e. The number of rotatable bonds is 2. The molecule has 0 aliphatic carbocycles. The lowest BCUT2D eigenvalue weighted by atomic mass is 9.85. The molecule has 0 unspecified atom stereocenters. The van der Waals surface area contributed by atoms with Gasteiger partial charge in [0.15, 0.2) is 0 Å². The van der Waals surface area contributed by atoms with Crippen molar-refractivity contribution in [3.8, 4) is 5.75 Å². The standard InChI is InChI=1S/C20H18FNO2/c1-24-16-9-8-14-12-22-18(6-3-7-19(22)23)20(17(14)11-16)13-4-2-5-15(21)10-13/h2,4-5,8-11H,3,6-7,12H2,1H3. The molecule has 4 heteroatoms. The van der Waals surface area contributed by atoms with E-state index in [0.717, 1.165) is 46.6 Å². The lowest BCUT2D eigenvalue weighted by Crippen LogP contribution is -2.36. The first-order valence-corrected chi connectivity index (χ1v) is 8.14. The van der Waals surface area contributed by atoms with Gasteiger partial charge >= 0.3 is 0 Å². The summed E-state index contributed by atoms with van der Waals surface area (Å²) < 4.78 is 19.2. The van der Waals surface area contributed by atoms with Gasteiger partial charge in [-0.3, -0.25) is 4.79 Å². The van der Waals surface area contributed by atoms with E-state index < -0.39 is 0 Å². The molecule has 0 aromatic heterocycles. The fraction of sp³-hybridized carbons (Fsp3) is 0.250. The van der Waals surface area contributed by atoms with Crippen LogP contribution in [0, 0.1) is 5.82 Å². The minimum atomic E-state index is -0.274. The van der Waals surface area contributed by atoms with Gasteiger partial charge in [-0.05, 0) is 53.8 Å². The van der Waals surface area contributed by atoms with Gasteiger partial charge in [0.25, 0.3) is 0 Å². The highest BCUT2D eigenvalue weighted by molar-refractivity contribution is 5.90. The molecule has 0 N–H and O–H groups in total. The van der Waals surface area contributed by atoms with Crippen LogP contribution in [0.25, 0.3) is 5.57 Å². The van der Waals surface area contributed by atoms with Crippen LogP contribution < -0.4 is 4.74 Å². The Morgan fingerprint density at radius 2 is 2.00 bits per heavy atom. The number of piperidine rings is 1. The van der Waals surface area contributed by atoms with Crippen molar-refractivity contribution >= 4 is 11.5 Å². The molecule has 0 spiro atoms. The second kappa shape index (κ2) is 5.78. The normalized spacial score (nSPS) is 16.8. The molecule has 0 atom stereocenters. The van der Waals surface area contributed by atoms with E-state index in [-0.39, 0.29) is 11.7 Å². The van der Waals surface area contributed by atoms with E-state index >= 15 is 0 Å². The monoisotopic (exact) mass is 323 g/mol. The van der Waals surface area contributed by atoms with Gasteiger partial charge in [0, 0.05) is 17.7 Å². The fourth-order valence-corrected chi connectivity index (χ4v) is 3.62. The van der Waals surface area contributed by atoms with Gasteiger partial charge in [-0.25, -0.2) is 4.39 Å². The Balaban J connectivity index is 1.98. The Kier molecular flexibility index (Phi) is 3.60. The maximum atomic E-state index is 13.8. The van der Waals surface area contributed by atoms with Gasteiger partial charge in [0.1, 0.15) is 11.6 Å².